The Kier molecular flexibility index (Phi) is 7.18. The molecular weight excluding hydrogens is 420 g/mol. The molecule has 156 valence electrons. The van der Waals surface area contributed by atoms with E-state index in [9.17, 15) is 4.79 Å². The Balaban J connectivity index is 1.74. The van der Waals surface area contributed by atoms with Gasteiger partial charge < -0.3 is 10.1 Å². The van der Waals surface area contributed by atoms with Crippen LogP contribution in [0.1, 0.15) is 11.1 Å². The largest absolute Gasteiger partial charge is 0.497 e. The molecule has 0 aliphatic rings. The van der Waals surface area contributed by atoms with Crippen molar-refractivity contribution < 1.29 is 9.53 Å². The average molecular weight is 443 g/mol. The normalized spacial score (nSPS) is 10.7. The van der Waals surface area contributed by atoms with Crippen molar-refractivity contribution in [3.8, 4) is 17.1 Å². The fourth-order valence-electron chi connectivity index (χ4n) is 3.02. The van der Waals surface area contributed by atoms with Gasteiger partial charge in [0.15, 0.2) is 11.0 Å². The molecule has 0 aliphatic heterocycles. The van der Waals surface area contributed by atoms with Gasteiger partial charge in [0.25, 0.3) is 0 Å². The summed E-state index contributed by atoms with van der Waals surface area (Å²) >= 11 is 7.60. The Bertz CT molecular complexity index is 1040. The zero-order chi connectivity index (χ0) is 21.7. The number of hydrogen-bond donors (Lipinski definition) is 1. The zero-order valence-electron chi connectivity index (χ0n) is 17.1. The monoisotopic (exact) mass is 442 g/mol. The van der Waals surface area contributed by atoms with Crippen molar-refractivity contribution in [2.45, 2.75) is 25.5 Å². The van der Waals surface area contributed by atoms with E-state index in [-0.39, 0.29) is 11.7 Å². The number of carbonyl (C=O) groups excluding carboxylic acids is 1. The van der Waals surface area contributed by atoms with Crippen LogP contribution in [0, 0.1) is 13.8 Å². The van der Waals surface area contributed by atoms with Crippen LogP contribution in [0.25, 0.3) is 11.4 Å². The quantitative estimate of drug-likeness (QED) is 0.386. The molecule has 0 saturated heterocycles. The first-order chi connectivity index (χ1) is 14.4. The van der Waals surface area contributed by atoms with E-state index in [1.807, 2.05) is 54.8 Å². The van der Waals surface area contributed by atoms with Crippen molar-refractivity contribution in [1.29, 1.82) is 0 Å². The van der Waals surface area contributed by atoms with Crippen LogP contribution < -0.4 is 10.1 Å². The third-order valence-electron chi connectivity index (χ3n) is 4.41. The van der Waals surface area contributed by atoms with Gasteiger partial charge >= 0.3 is 0 Å². The lowest BCUT2D eigenvalue weighted by Crippen LogP contribution is -2.16. The van der Waals surface area contributed by atoms with E-state index in [0.717, 1.165) is 22.4 Å². The minimum atomic E-state index is -0.159. The summed E-state index contributed by atoms with van der Waals surface area (Å²) < 4.78 is 7.14. The van der Waals surface area contributed by atoms with Gasteiger partial charge in [0.2, 0.25) is 5.91 Å². The summed E-state index contributed by atoms with van der Waals surface area (Å²) in [7, 11) is 1.63. The van der Waals surface area contributed by atoms with Crippen LogP contribution in [-0.4, -0.2) is 33.5 Å². The van der Waals surface area contributed by atoms with Crippen molar-refractivity contribution in [2.24, 2.45) is 0 Å². The van der Waals surface area contributed by atoms with Gasteiger partial charge in [-0.1, -0.05) is 35.5 Å². The lowest BCUT2D eigenvalue weighted by Gasteiger charge is -2.12. The third-order valence-corrected chi connectivity index (χ3v) is 5.67. The Morgan fingerprint density at radius 3 is 2.63 bits per heavy atom. The van der Waals surface area contributed by atoms with Crippen molar-refractivity contribution in [3.05, 3.63) is 65.2 Å². The number of nitrogens with one attached hydrogen (secondary N) is 1. The van der Waals surface area contributed by atoms with Crippen LogP contribution in [0.4, 0.5) is 5.69 Å². The number of hydrogen-bond acceptors (Lipinski definition) is 5. The predicted octanol–water partition coefficient (Wildman–Crippen LogP) is 5.14. The van der Waals surface area contributed by atoms with E-state index in [4.69, 9.17) is 16.3 Å². The summed E-state index contributed by atoms with van der Waals surface area (Å²) in [5.74, 6) is 1.50. The zero-order valence-corrected chi connectivity index (χ0v) is 18.7. The Hall–Kier alpha value is -2.77. The van der Waals surface area contributed by atoms with Crippen molar-refractivity contribution in [1.82, 2.24) is 14.8 Å². The van der Waals surface area contributed by atoms with Crippen LogP contribution in [-0.2, 0) is 11.3 Å². The van der Waals surface area contributed by atoms with E-state index in [0.29, 0.717) is 28.2 Å². The fraction of sp³-hybridized carbons (Fsp3) is 0.227. The van der Waals surface area contributed by atoms with Crippen LogP contribution in [0.2, 0.25) is 5.02 Å². The summed E-state index contributed by atoms with van der Waals surface area (Å²) in [4.78, 5) is 12.5. The highest BCUT2D eigenvalue weighted by Crippen LogP contribution is 2.29. The molecule has 8 heteroatoms. The van der Waals surface area contributed by atoms with Gasteiger partial charge in [-0.15, -0.1) is 16.8 Å². The molecule has 1 heterocycles. The van der Waals surface area contributed by atoms with E-state index in [1.165, 1.54) is 11.8 Å². The van der Waals surface area contributed by atoms with Gasteiger partial charge in [-0.3, -0.25) is 9.36 Å². The molecule has 0 fully saturated rings. The van der Waals surface area contributed by atoms with E-state index < -0.39 is 0 Å². The molecule has 0 spiro atoms. The SMILES string of the molecule is C=CCn1c(SCC(=O)Nc2c(C)cc(C)cc2Cl)nnc1-c1ccc(OC)cc1. The maximum Gasteiger partial charge on any atom is 0.234 e. The third kappa shape index (κ3) is 5.04. The molecule has 1 N–H and O–H groups in total. The van der Waals surface area contributed by atoms with Crippen LogP contribution in [0.5, 0.6) is 5.75 Å². The number of thioether (sulfide) groups is 1. The highest BCUT2D eigenvalue weighted by Gasteiger charge is 2.16. The average Bonchev–Trinajstić information content (AvgIpc) is 3.12. The number of halogens is 1. The first kappa shape index (κ1) is 21.9. The minimum Gasteiger partial charge on any atom is -0.497 e. The molecule has 30 heavy (non-hydrogen) atoms. The van der Waals surface area contributed by atoms with Crippen molar-refractivity contribution in [2.75, 3.05) is 18.2 Å². The molecule has 2 aromatic carbocycles. The van der Waals surface area contributed by atoms with Gasteiger partial charge in [0.05, 0.1) is 23.6 Å². The number of aromatic nitrogens is 3. The number of anilines is 1. The van der Waals surface area contributed by atoms with Gasteiger partial charge in [-0.05, 0) is 55.3 Å². The second-order valence-electron chi connectivity index (χ2n) is 6.71. The number of carbonyl (C=O) groups is 1. The lowest BCUT2D eigenvalue weighted by molar-refractivity contribution is -0.113. The molecule has 3 rings (SSSR count). The second kappa shape index (κ2) is 9.82. The number of aryl methyl sites for hydroxylation is 2. The van der Waals surface area contributed by atoms with Gasteiger partial charge in [-0.2, -0.15) is 0 Å². The highest BCUT2D eigenvalue weighted by atomic mass is 35.5. The summed E-state index contributed by atoms with van der Waals surface area (Å²) in [5.41, 5.74) is 3.52. The second-order valence-corrected chi connectivity index (χ2v) is 8.06. The molecule has 1 aromatic heterocycles. The topological polar surface area (TPSA) is 69.0 Å². The molecule has 0 aliphatic carbocycles. The highest BCUT2D eigenvalue weighted by molar-refractivity contribution is 7.99. The Morgan fingerprint density at radius 2 is 2.00 bits per heavy atom. The first-order valence-corrected chi connectivity index (χ1v) is 10.7. The van der Waals surface area contributed by atoms with Gasteiger partial charge in [0.1, 0.15) is 5.75 Å². The van der Waals surface area contributed by atoms with Gasteiger partial charge in [0, 0.05) is 12.1 Å². The Labute approximate surface area is 185 Å². The molecule has 3 aromatic rings. The number of benzene rings is 2. The number of methoxy groups -OCH3 is 1. The first-order valence-electron chi connectivity index (χ1n) is 9.31. The maximum absolute atomic E-state index is 12.5. The molecule has 0 unspecified atom stereocenters. The maximum atomic E-state index is 12.5. The van der Waals surface area contributed by atoms with Crippen molar-refractivity contribution >= 4 is 35.0 Å². The van der Waals surface area contributed by atoms with E-state index in [2.05, 4.69) is 22.1 Å². The number of rotatable bonds is 8. The summed E-state index contributed by atoms with van der Waals surface area (Å²) in [6, 6.07) is 11.4. The standard InChI is InChI=1S/C22H23ClN4O2S/c1-5-10-27-21(16-6-8-17(29-4)9-7-16)25-26-22(27)30-13-19(28)24-20-15(3)11-14(2)12-18(20)23/h5-9,11-12H,1,10,13H2,2-4H3,(H,24,28). The molecular formula is C22H23ClN4O2S. The number of allylic oxidation sites excluding steroid dienone is 1. The fourth-order valence-corrected chi connectivity index (χ4v) is 4.14. The Morgan fingerprint density at radius 1 is 1.27 bits per heavy atom. The van der Waals surface area contributed by atoms with Crippen LogP contribution in [0.3, 0.4) is 0 Å². The van der Waals surface area contributed by atoms with Crippen LogP contribution >= 0.6 is 23.4 Å². The summed E-state index contributed by atoms with van der Waals surface area (Å²) in [5, 5.41) is 12.6. The number of amides is 1. The summed E-state index contributed by atoms with van der Waals surface area (Å²) in [6.45, 7) is 8.23. The molecule has 1 amide bonds. The molecule has 6 nitrogen and oxygen atoms in total. The smallest absolute Gasteiger partial charge is 0.234 e. The lowest BCUT2D eigenvalue weighted by atomic mass is 10.1. The minimum absolute atomic E-state index is 0.159. The van der Waals surface area contributed by atoms with Crippen molar-refractivity contribution in [3.63, 3.8) is 0 Å². The molecule has 0 atom stereocenters. The van der Waals surface area contributed by atoms with E-state index in [1.54, 1.807) is 13.2 Å². The van der Waals surface area contributed by atoms with E-state index >= 15 is 0 Å². The molecule has 0 bridgehead atoms. The summed E-state index contributed by atoms with van der Waals surface area (Å²) in [6.07, 6.45) is 1.77. The number of ether oxygens (including phenoxy) is 1. The van der Waals surface area contributed by atoms with Gasteiger partial charge in [-0.25, -0.2) is 0 Å². The van der Waals surface area contributed by atoms with Crippen LogP contribution in [0.15, 0.2) is 54.2 Å². The number of nitrogens with zero attached hydrogens (tertiary/aromatic N) is 3. The predicted molar refractivity (Wildman–Crippen MR) is 122 cm³/mol. The molecule has 0 radical (unpaired) electrons. The molecule has 0 saturated carbocycles.